The second-order valence-corrected chi connectivity index (χ2v) is 6.19. The molecule has 120 valence electrons. The number of hydrogen-bond donors (Lipinski definition) is 1. The van der Waals surface area contributed by atoms with Crippen molar-refractivity contribution in [2.75, 3.05) is 20.3 Å². The lowest BCUT2D eigenvalue weighted by Crippen LogP contribution is -2.36. The van der Waals surface area contributed by atoms with E-state index in [0.717, 1.165) is 50.6 Å². The van der Waals surface area contributed by atoms with Gasteiger partial charge >= 0.3 is 0 Å². The molecule has 0 radical (unpaired) electrons. The Hall–Kier alpha value is -0.650. The van der Waals surface area contributed by atoms with E-state index in [1.54, 1.807) is 7.11 Å². The first-order valence-corrected chi connectivity index (χ1v) is 7.90. The van der Waals surface area contributed by atoms with Crippen LogP contribution in [-0.2, 0) is 10.2 Å². The van der Waals surface area contributed by atoms with Gasteiger partial charge in [0.1, 0.15) is 0 Å². The first-order valence-electron chi connectivity index (χ1n) is 7.90. The van der Waals surface area contributed by atoms with Gasteiger partial charge in [-0.15, -0.1) is 12.4 Å². The minimum Gasteiger partial charge on any atom is -0.385 e. The van der Waals surface area contributed by atoms with E-state index in [-0.39, 0.29) is 23.9 Å². The summed E-state index contributed by atoms with van der Waals surface area (Å²) in [6, 6.07) is 0.273. The van der Waals surface area contributed by atoms with Crippen LogP contribution in [0.4, 0.5) is 0 Å². The van der Waals surface area contributed by atoms with Crippen LogP contribution in [0.3, 0.4) is 0 Å². The molecule has 6 heteroatoms. The molecule has 1 saturated heterocycles. The van der Waals surface area contributed by atoms with Crippen LogP contribution in [0, 0.1) is 0 Å². The van der Waals surface area contributed by atoms with Gasteiger partial charge in [-0.05, 0) is 38.6 Å². The van der Waals surface area contributed by atoms with Gasteiger partial charge in [0.15, 0.2) is 5.82 Å². The predicted molar refractivity (Wildman–Crippen MR) is 82.8 cm³/mol. The van der Waals surface area contributed by atoms with E-state index < -0.39 is 0 Å². The molecule has 1 aromatic rings. The standard InChI is InChI=1S/C15H25N3O2.ClH/c1-19-11-9-15(7-5-8-15)14-17-13(18-20-14)12-6-3-2-4-10-16-12;/h12,16H,2-11H2,1H3;1H. The third-order valence-corrected chi connectivity index (χ3v) is 4.86. The van der Waals surface area contributed by atoms with Crippen molar-refractivity contribution in [3.8, 4) is 0 Å². The Balaban J connectivity index is 0.00000161. The van der Waals surface area contributed by atoms with Crippen molar-refractivity contribution in [2.24, 2.45) is 0 Å². The lowest BCUT2D eigenvalue weighted by Gasteiger charge is -2.38. The molecule has 1 saturated carbocycles. The molecule has 2 fully saturated rings. The lowest BCUT2D eigenvalue weighted by molar-refractivity contribution is 0.104. The molecular weight excluding hydrogens is 290 g/mol. The fraction of sp³-hybridized carbons (Fsp3) is 0.867. The smallest absolute Gasteiger partial charge is 0.233 e. The monoisotopic (exact) mass is 315 g/mol. The number of halogens is 1. The molecule has 21 heavy (non-hydrogen) atoms. The Labute approximate surface area is 132 Å². The molecule has 1 aromatic heterocycles. The summed E-state index contributed by atoms with van der Waals surface area (Å²) in [6.45, 7) is 1.82. The molecule has 1 N–H and O–H groups in total. The topological polar surface area (TPSA) is 60.2 Å². The second-order valence-electron chi connectivity index (χ2n) is 6.19. The van der Waals surface area contributed by atoms with E-state index in [1.165, 1.54) is 25.7 Å². The van der Waals surface area contributed by atoms with E-state index >= 15 is 0 Å². The van der Waals surface area contributed by atoms with Gasteiger partial charge in [0.2, 0.25) is 5.89 Å². The molecule has 1 aliphatic carbocycles. The molecule has 0 amide bonds. The highest BCUT2D eigenvalue weighted by Gasteiger charge is 2.43. The number of aromatic nitrogens is 2. The fourth-order valence-electron chi connectivity index (χ4n) is 3.31. The maximum atomic E-state index is 5.61. The number of nitrogens with one attached hydrogen (secondary N) is 1. The van der Waals surface area contributed by atoms with Gasteiger partial charge in [-0.1, -0.05) is 24.4 Å². The number of rotatable bonds is 5. The summed E-state index contributed by atoms with van der Waals surface area (Å²) < 4.78 is 10.8. The van der Waals surface area contributed by atoms with Crippen molar-refractivity contribution in [1.82, 2.24) is 15.5 Å². The van der Waals surface area contributed by atoms with Crippen molar-refractivity contribution in [3.63, 3.8) is 0 Å². The maximum Gasteiger partial charge on any atom is 0.233 e. The average molecular weight is 316 g/mol. The van der Waals surface area contributed by atoms with Gasteiger partial charge in [-0.3, -0.25) is 0 Å². The zero-order valence-corrected chi connectivity index (χ0v) is 13.6. The van der Waals surface area contributed by atoms with Crippen LogP contribution in [0.15, 0.2) is 4.52 Å². The maximum absolute atomic E-state index is 5.61. The van der Waals surface area contributed by atoms with Gasteiger partial charge < -0.3 is 14.6 Å². The van der Waals surface area contributed by atoms with Crippen molar-refractivity contribution in [1.29, 1.82) is 0 Å². The molecule has 5 nitrogen and oxygen atoms in total. The van der Waals surface area contributed by atoms with Crippen molar-refractivity contribution in [3.05, 3.63) is 11.7 Å². The summed E-state index contributed by atoms with van der Waals surface area (Å²) in [5, 5.41) is 7.78. The Kier molecular flexibility index (Phi) is 6.02. The van der Waals surface area contributed by atoms with Gasteiger partial charge in [-0.25, -0.2) is 0 Å². The first-order chi connectivity index (χ1) is 9.84. The largest absolute Gasteiger partial charge is 0.385 e. The number of methoxy groups -OCH3 is 1. The van der Waals surface area contributed by atoms with Crippen LogP contribution >= 0.6 is 12.4 Å². The van der Waals surface area contributed by atoms with Crippen LogP contribution in [0.1, 0.15) is 69.1 Å². The highest BCUT2D eigenvalue weighted by atomic mass is 35.5. The van der Waals surface area contributed by atoms with E-state index in [4.69, 9.17) is 14.2 Å². The van der Waals surface area contributed by atoms with Crippen molar-refractivity contribution < 1.29 is 9.26 Å². The van der Waals surface area contributed by atoms with Crippen LogP contribution in [-0.4, -0.2) is 30.4 Å². The third-order valence-electron chi connectivity index (χ3n) is 4.86. The Morgan fingerprint density at radius 3 is 2.86 bits per heavy atom. The SMILES string of the molecule is COCCC1(c2nc(C3CCCCCN3)no2)CCC1.Cl. The average Bonchev–Trinajstić information content (AvgIpc) is 2.74. The van der Waals surface area contributed by atoms with Crippen LogP contribution in [0.25, 0.3) is 0 Å². The summed E-state index contributed by atoms with van der Waals surface area (Å²) in [6.07, 6.45) is 9.45. The fourth-order valence-corrected chi connectivity index (χ4v) is 3.31. The molecule has 1 unspecified atom stereocenters. The third kappa shape index (κ3) is 3.58. The first kappa shape index (κ1) is 16.7. The minimum atomic E-state index is 0. The van der Waals surface area contributed by atoms with Gasteiger partial charge in [0.25, 0.3) is 0 Å². The summed E-state index contributed by atoms with van der Waals surface area (Å²) >= 11 is 0. The molecule has 1 aliphatic heterocycles. The van der Waals surface area contributed by atoms with Gasteiger partial charge in [-0.2, -0.15) is 4.98 Å². The van der Waals surface area contributed by atoms with Crippen LogP contribution in [0.5, 0.6) is 0 Å². The highest BCUT2D eigenvalue weighted by Crippen LogP contribution is 2.45. The molecule has 0 bridgehead atoms. The summed E-state index contributed by atoms with van der Waals surface area (Å²) in [4.78, 5) is 4.73. The number of nitrogens with zero attached hydrogens (tertiary/aromatic N) is 2. The zero-order chi connectivity index (χ0) is 13.8. The van der Waals surface area contributed by atoms with Crippen LogP contribution in [0.2, 0.25) is 0 Å². The van der Waals surface area contributed by atoms with E-state index in [2.05, 4.69) is 10.5 Å². The summed E-state index contributed by atoms with van der Waals surface area (Å²) in [5.74, 6) is 1.69. The highest BCUT2D eigenvalue weighted by molar-refractivity contribution is 5.85. The Morgan fingerprint density at radius 1 is 1.29 bits per heavy atom. The van der Waals surface area contributed by atoms with E-state index in [1.807, 2.05) is 0 Å². The lowest BCUT2D eigenvalue weighted by atomic mass is 9.66. The van der Waals surface area contributed by atoms with Gasteiger partial charge in [0, 0.05) is 13.7 Å². The molecule has 0 aromatic carbocycles. The van der Waals surface area contributed by atoms with Crippen molar-refractivity contribution in [2.45, 2.75) is 62.8 Å². The normalized spacial score (nSPS) is 24.7. The van der Waals surface area contributed by atoms with Crippen molar-refractivity contribution >= 4 is 12.4 Å². The van der Waals surface area contributed by atoms with E-state index in [0.29, 0.717) is 0 Å². The quantitative estimate of drug-likeness (QED) is 0.904. The molecule has 2 heterocycles. The van der Waals surface area contributed by atoms with E-state index in [9.17, 15) is 0 Å². The zero-order valence-electron chi connectivity index (χ0n) is 12.8. The molecule has 0 spiro atoms. The summed E-state index contributed by atoms with van der Waals surface area (Å²) in [7, 11) is 1.75. The predicted octanol–water partition coefficient (Wildman–Crippen LogP) is 3.15. The Morgan fingerprint density at radius 2 is 2.14 bits per heavy atom. The second kappa shape index (κ2) is 7.56. The molecule has 2 aliphatic rings. The number of ether oxygens (including phenoxy) is 1. The summed E-state index contributed by atoms with van der Waals surface area (Å²) in [5.41, 5.74) is 0.0893. The molecule has 1 atom stereocenters. The van der Waals surface area contributed by atoms with Crippen LogP contribution < -0.4 is 5.32 Å². The minimum absolute atomic E-state index is 0. The number of hydrogen-bond acceptors (Lipinski definition) is 5. The molecular formula is C15H26ClN3O2. The molecule has 3 rings (SSSR count). The Bertz CT molecular complexity index is 426. The van der Waals surface area contributed by atoms with Gasteiger partial charge in [0.05, 0.1) is 11.5 Å².